The number of thiophene rings is 1. The first-order valence-electron chi connectivity index (χ1n) is 6.59. The van der Waals surface area contributed by atoms with Gasteiger partial charge in [0.25, 0.3) is 0 Å². The number of ether oxygens (including phenoxy) is 1. The first kappa shape index (κ1) is 14.4. The predicted octanol–water partition coefficient (Wildman–Crippen LogP) is 1.87. The Morgan fingerprint density at radius 2 is 2.29 bits per heavy atom. The fraction of sp³-hybridized carbons (Fsp3) is 0.462. The van der Waals surface area contributed by atoms with Gasteiger partial charge in [0, 0.05) is 17.0 Å². The second-order valence-corrected chi connectivity index (χ2v) is 8.35. The van der Waals surface area contributed by atoms with Crippen LogP contribution in [-0.4, -0.2) is 36.8 Å². The zero-order valence-electron chi connectivity index (χ0n) is 11.9. The van der Waals surface area contributed by atoms with Crippen LogP contribution in [0.4, 0.5) is 5.82 Å². The number of nitrogens with zero attached hydrogens (tertiary/aromatic N) is 2. The molecule has 6 nitrogen and oxygen atoms in total. The topological polar surface area (TPSA) is 87.2 Å². The van der Waals surface area contributed by atoms with Gasteiger partial charge in [0.15, 0.2) is 9.84 Å². The lowest BCUT2D eigenvalue weighted by atomic mass is 10.2. The minimum Gasteiger partial charge on any atom is -0.496 e. The highest BCUT2D eigenvalue weighted by Gasteiger charge is 2.32. The molecule has 0 spiro atoms. The van der Waals surface area contributed by atoms with Gasteiger partial charge in [0.2, 0.25) is 0 Å². The van der Waals surface area contributed by atoms with Crippen molar-refractivity contribution in [2.24, 2.45) is 0 Å². The van der Waals surface area contributed by atoms with Gasteiger partial charge in [0.1, 0.15) is 17.3 Å². The molecule has 0 saturated carbocycles. The summed E-state index contributed by atoms with van der Waals surface area (Å²) in [5, 5.41) is 6.46. The summed E-state index contributed by atoms with van der Waals surface area (Å²) in [4.78, 5) is 0.968. The Kier molecular flexibility index (Phi) is 3.45. The average Bonchev–Trinajstić information content (AvgIpc) is 3.10. The number of hydrogen-bond donors (Lipinski definition) is 1. The first-order chi connectivity index (χ1) is 9.91. The van der Waals surface area contributed by atoms with Gasteiger partial charge in [-0.15, -0.1) is 11.3 Å². The van der Waals surface area contributed by atoms with Crippen LogP contribution >= 0.6 is 11.3 Å². The van der Waals surface area contributed by atoms with Crippen LogP contribution in [0.5, 0.6) is 5.75 Å². The zero-order chi connectivity index (χ0) is 15.2. The molecule has 3 heterocycles. The minimum absolute atomic E-state index is 0.117. The summed E-state index contributed by atoms with van der Waals surface area (Å²) in [6.45, 7) is 1.91. The van der Waals surface area contributed by atoms with Crippen LogP contribution in [0.1, 0.15) is 18.0 Å². The Morgan fingerprint density at radius 3 is 2.86 bits per heavy atom. The zero-order valence-corrected chi connectivity index (χ0v) is 13.5. The lowest BCUT2D eigenvalue weighted by molar-refractivity contribution is 0.417. The average molecular weight is 327 g/mol. The van der Waals surface area contributed by atoms with Crippen LogP contribution in [0, 0.1) is 6.92 Å². The van der Waals surface area contributed by atoms with E-state index in [1.54, 1.807) is 11.8 Å². The van der Waals surface area contributed by atoms with E-state index in [1.807, 2.05) is 18.4 Å². The fourth-order valence-electron chi connectivity index (χ4n) is 2.56. The van der Waals surface area contributed by atoms with Gasteiger partial charge < -0.3 is 10.5 Å². The van der Waals surface area contributed by atoms with Crippen LogP contribution in [-0.2, 0) is 9.84 Å². The Morgan fingerprint density at radius 1 is 1.52 bits per heavy atom. The number of methoxy groups -OCH3 is 1. The summed E-state index contributed by atoms with van der Waals surface area (Å²) in [5.74, 6) is 1.65. The van der Waals surface area contributed by atoms with Crippen LogP contribution < -0.4 is 10.5 Å². The van der Waals surface area contributed by atoms with Gasteiger partial charge in [-0.2, -0.15) is 5.10 Å². The van der Waals surface area contributed by atoms with Gasteiger partial charge in [0.05, 0.1) is 29.5 Å². The second-order valence-electron chi connectivity index (χ2n) is 5.21. The maximum Gasteiger partial charge on any atom is 0.152 e. The van der Waals surface area contributed by atoms with Crippen LogP contribution in [0.25, 0.3) is 10.6 Å². The molecule has 0 amide bonds. The molecule has 0 bridgehead atoms. The molecule has 114 valence electrons. The van der Waals surface area contributed by atoms with E-state index in [-0.39, 0.29) is 17.5 Å². The number of nitrogens with two attached hydrogens (primary N) is 1. The normalized spacial score (nSPS) is 20.8. The molecule has 0 aromatic carbocycles. The molecule has 3 rings (SSSR count). The molecule has 21 heavy (non-hydrogen) atoms. The standard InChI is InChI=1S/C13H17N3O3S2/c1-8-12(11-5-10(19-2)6-20-11)15-16(13(8)14)9-3-4-21(17,18)7-9/h5-6,9H,3-4,7,14H2,1-2H3. The van der Waals surface area contributed by atoms with Crippen molar-refractivity contribution in [2.45, 2.75) is 19.4 Å². The van der Waals surface area contributed by atoms with Crippen LogP contribution in [0.2, 0.25) is 0 Å². The Balaban J connectivity index is 1.99. The second kappa shape index (κ2) is 5.03. The highest BCUT2D eigenvalue weighted by atomic mass is 32.2. The van der Waals surface area contributed by atoms with E-state index in [2.05, 4.69) is 5.10 Å². The van der Waals surface area contributed by atoms with E-state index in [1.165, 1.54) is 11.3 Å². The third kappa shape index (κ3) is 2.53. The minimum atomic E-state index is -2.96. The summed E-state index contributed by atoms with van der Waals surface area (Å²) in [6, 6.07) is 1.75. The van der Waals surface area contributed by atoms with Gasteiger partial charge in [-0.1, -0.05) is 0 Å². The van der Waals surface area contributed by atoms with E-state index < -0.39 is 9.84 Å². The molecule has 8 heteroatoms. The molecule has 1 unspecified atom stereocenters. The van der Waals surface area contributed by atoms with Crippen molar-refractivity contribution < 1.29 is 13.2 Å². The third-order valence-electron chi connectivity index (χ3n) is 3.79. The summed E-state index contributed by atoms with van der Waals surface area (Å²) in [7, 11) is -1.34. The molecule has 2 aromatic rings. The Labute approximate surface area is 127 Å². The highest BCUT2D eigenvalue weighted by Crippen LogP contribution is 2.36. The Bertz CT molecular complexity index is 777. The maximum atomic E-state index is 11.6. The van der Waals surface area contributed by atoms with Gasteiger partial charge in [-0.05, 0) is 13.3 Å². The molecule has 0 radical (unpaired) electrons. The van der Waals surface area contributed by atoms with Crippen molar-refractivity contribution in [3.63, 3.8) is 0 Å². The molecular weight excluding hydrogens is 310 g/mol. The van der Waals surface area contributed by atoms with Gasteiger partial charge >= 0.3 is 0 Å². The highest BCUT2D eigenvalue weighted by molar-refractivity contribution is 7.91. The van der Waals surface area contributed by atoms with Gasteiger partial charge in [-0.25, -0.2) is 13.1 Å². The molecule has 2 aromatic heterocycles. The number of anilines is 1. The molecule has 1 atom stereocenters. The van der Waals surface area contributed by atoms with Gasteiger partial charge in [-0.3, -0.25) is 0 Å². The van der Waals surface area contributed by atoms with Crippen molar-refractivity contribution in [1.82, 2.24) is 9.78 Å². The number of sulfone groups is 1. The molecule has 0 aliphatic carbocycles. The number of rotatable bonds is 3. The van der Waals surface area contributed by atoms with Crippen molar-refractivity contribution >= 4 is 27.0 Å². The summed E-state index contributed by atoms with van der Waals surface area (Å²) in [5.41, 5.74) is 7.80. The lowest BCUT2D eigenvalue weighted by Crippen LogP contribution is -2.14. The molecule has 1 saturated heterocycles. The predicted molar refractivity (Wildman–Crippen MR) is 83.5 cm³/mol. The van der Waals surface area contributed by atoms with Crippen molar-refractivity contribution in [1.29, 1.82) is 0 Å². The van der Waals surface area contributed by atoms with E-state index in [0.717, 1.165) is 21.9 Å². The smallest absolute Gasteiger partial charge is 0.152 e. The summed E-state index contributed by atoms with van der Waals surface area (Å²) in [6.07, 6.45) is 0.570. The largest absolute Gasteiger partial charge is 0.496 e. The molecular formula is C13H17N3O3S2. The molecule has 2 N–H and O–H groups in total. The van der Waals surface area contributed by atoms with Crippen LogP contribution in [0.3, 0.4) is 0 Å². The number of aromatic nitrogens is 2. The monoisotopic (exact) mass is 327 g/mol. The maximum absolute atomic E-state index is 11.6. The molecule has 1 aliphatic rings. The lowest BCUT2D eigenvalue weighted by Gasteiger charge is -2.10. The third-order valence-corrected chi connectivity index (χ3v) is 6.46. The van der Waals surface area contributed by atoms with Crippen molar-refractivity contribution in [2.75, 3.05) is 24.3 Å². The Hall–Kier alpha value is -1.54. The van der Waals surface area contributed by atoms with E-state index in [0.29, 0.717) is 12.2 Å². The summed E-state index contributed by atoms with van der Waals surface area (Å²) >= 11 is 1.53. The van der Waals surface area contributed by atoms with Crippen LogP contribution in [0.15, 0.2) is 11.4 Å². The van der Waals surface area contributed by atoms with E-state index in [9.17, 15) is 8.42 Å². The van der Waals surface area contributed by atoms with Crippen molar-refractivity contribution in [3.8, 4) is 16.3 Å². The number of nitrogen functional groups attached to an aromatic ring is 1. The van der Waals surface area contributed by atoms with Crippen molar-refractivity contribution in [3.05, 3.63) is 17.0 Å². The first-order valence-corrected chi connectivity index (χ1v) is 9.29. The van der Waals surface area contributed by atoms with E-state index >= 15 is 0 Å². The van der Waals surface area contributed by atoms with E-state index in [4.69, 9.17) is 10.5 Å². The molecule has 1 fully saturated rings. The quantitative estimate of drug-likeness (QED) is 0.930. The fourth-order valence-corrected chi connectivity index (χ4v) is 5.15. The summed E-state index contributed by atoms with van der Waals surface area (Å²) < 4.78 is 30.1. The molecule has 1 aliphatic heterocycles. The number of hydrogen-bond acceptors (Lipinski definition) is 6. The SMILES string of the molecule is COc1csc(-c2nn(C3CCS(=O)(=O)C3)c(N)c2C)c1.